The fraction of sp³-hybridized carbons (Fsp3) is 0.579. The predicted octanol–water partition coefficient (Wildman–Crippen LogP) is 2.51. The molecule has 2 amide bonds. The number of anilines is 1. The molecule has 1 saturated heterocycles. The van der Waals surface area contributed by atoms with Crippen LogP contribution in [-0.4, -0.2) is 43.7 Å². The number of nitrogens with zero attached hydrogens (tertiary/aromatic N) is 1. The van der Waals surface area contributed by atoms with E-state index in [0.717, 1.165) is 19.4 Å². The maximum atomic E-state index is 12.1. The average Bonchev–Trinajstić information content (AvgIpc) is 3.07. The van der Waals surface area contributed by atoms with Gasteiger partial charge in [0.15, 0.2) is 0 Å². The van der Waals surface area contributed by atoms with Crippen molar-refractivity contribution in [2.75, 3.05) is 24.6 Å². The molecule has 0 aromatic heterocycles. The van der Waals surface area contributed by atoms with E-state index in [-0.39, 0.29) is 30.4 Å². The first-order chi connectivity index (χ1) is 12.0. The summed E-state index contributed by atoms with van der Waals surface area (Å²) in [7, 11) is 0. The van der Waals surface area contributed by atoms with Gasteiger partial charge in [-0.15, -0.1) is 0 Å². The first-order valence-electron chi connectivity index (χ1n) is 8.89. The van der Waals surface area contributed by atoms with Gasteiger partial charge in [0.2, 0.25) is 11.8 Å². The molecule has 6 nitrogen and oxygen atoms in total. The molecule has 0 spiro atoms. The maximum Gasteiger partial charge on any atom is 0.223 e. The minimum absolute atomic E-state index is 0.00432. The van der Waals surface area contributed by atoms with Crippen LogP contribution in [0.2, 0.25) is 0 Å². The second kappa shape index (κ2) is 9.42. The highest BCUT2D eigenvalue weighted by atomic mass is 16.5. The highest BCUT2D eigenvalue weighted by Gasteiger charge is 2.19. The van der Waals surface area contributed by atoms with Crippen LogP contribution in [0.15, 0.2) is 24.3 Å². The SMILES string of the molecule is CC(=O)N(CCC(=O)NCC1CCCO1)c1ccccc1OC(C)C. The summed E-state index contributed by atoms with van der Waals surface area (Å²) in [5.41, 5.74) is 0.690. The van der Waals surface area contributed by atoms with E-state index in [0.29, 0.717) is 24.5 Å². The molecule has 1 aromatic carbocycles. The second-order valence-electron chi connectivity index (χ2n) is 6.49. The third-order valence-corrected chi connectivity index (χ3v) is 4.01. The molecule has 0 bridgehead atoms. The van der Waals surface area contributed by atoms with Gasteiger partial charge in [-0.05, 0) is 38.8 Å². The summed E-state index contributed by atoms with van der Waals surface area (Å²) < 4.78 is 11.3. The van der Waals surface area contributed by atoms with E-state index in [9.17, 15) is 9.59 Å². The first-order valence-corrected chi connectivity index (χ1v) is 8.89. The Morgan fingerprint density at radius 1 is 1.36 bits per heavy atom. The molecule has 0 aliphatic carbocycles. The second-order valence-corrected chi connectivity index (χ2v) is 6.49. The highest BCUT2D eigenvalue weighted by Crippen LogP contribution is 2.29. The lowest BCUT2D eigenvalue weighted by atomic mass is 10.2. The van der Waals surface area contributed by atoms with Gasteiger partial charge in [-0.25, -0.2) is 0 Å². The van der Waals surface area contributed by atoms with Gasteiger partial charge in [-0.3, -0.25) is 9.59 Å². The van der Waals surface area contributed by atoms with Gasteiger partial charge >= 0.3 is 0 Å². The van der Waals surface area contributed by atoms with Crippen LogP contribution in [0.25, 0.3) is 0 Å². The van der Waals surface area contributed by atoms with Crippen LogP contribution in [0.5, 0.6) is 5.75 Å². The van der Waals surface area contributed by atoms with E-state index in [1.54, 1.807) is 4.90 Å². The molecule has 1 aromatic rings. The lowest BCUT2D eigenvalue weighted by Crippen LogP contribution is -2.36. The molecular weight excluding hydrogens is 320 g/mol. The number of carbonyl (C=O) groups excluding carboxylic acids is 2. The van der Waals surface area contributed by atoms with E-state index in [2.05, 4.69) is 5.32 Å². The van der Waals surface area contributed by atoms with Crippen LogP contribution in [0.4, 0.5) is 5.69 Å². The Morgan fingerprint density at radius 2 is 2.12 bits per heavy atom. The summed E-state index contributed by atoms with van der Waals surface area (Å²) in [5.74, 6) is 0.447. The monoisotopic (exact) mass is 348 g/mol. The molecule has 1 atom stereocenters. The molecule has 2 rings (SSSR count). The molecule has 0 saturated carbocycles. The Bertz CT molecular complexity index is 583. The van der Waals surface area contributed by atoms with Crippen molar-refractivity contribution in [3.63, 3.8) is 0 Å². The van der Waals surface area contributed by atoms with E-state index in [1.807, 2.05) is 38.1 Å². The zero-order chi connectivity index (χ0) is 18.2. The van der Waals surface area contributed by atoms with Gasteiger partial charge in [0.05, 0.1) is 17.9 Å². The number of nitrogens with one attached hydrogen (secondary N) is 1. The molecular formula is C19H28N2O4. The Labute approximate surface area is 149 Å². The summed E-state index contributed by atoms with van der Waals surface area (Å²) in [6, 6.07) is 7.40. The van der Waals surface area contributed by atoms with Crippen LogP contribution >= 0.6 is 0 Å². The summed E-state index contributed by atoms with van der Waals surface area (Å²) in [5, 5.41) is 2.88. The number of ether oxygens (including phenoxy) is 2. The number of hydrogen-bond donors (Lipinski definition) is 1. The predicted molar refractivity (Wildman–Crippen MR) is 96.8 cm³/mol. The zero-order valence-corrected chi connectivity index (χ0v) is 15.3. The lowest BCUT2D eigenvalue weighted by molar-refractivity contribution is -0.121. The number of carbonyl (C=O) groups is 2. The maximum absolute atomic E-state index is 12.1. The topological polar surface area (TPSA) is 67.9 Å². The van der Waals surface area contributed by atoms with Crippen molar-refractivity contribution in [3.8, 4) is 5.75 Å². The fourth-order valence-electron chi connectivity index (χ4n) is 2.82. The highest BCUT2D eigenvalue weighted by molar-refractivity contribution is 5.93. The fourth-order valence-corrected chi connectivity index (χ4v) is 2.82. The van der Waals surface area contributed by atoms with Crippen molar-refractivity contribution in [2.45, 2.75) is 52.2 Å². The molecule has 6 heteroatoms. The van der Waals surface area contributed by atoms with Gasteiger partial charge in [-0.1, -0.05) is 12.1 Å². The Balaban J connectivity index is 1.94. The van der Waals surface area contributed by atoms with Crippen molar-refractivity contribution in [2.24, 2.45) is 0 Å². The van der Waals surface area contributed by atoms with E-state index in [4.69, 9.17) is 9.47 Å². The van der Waals surface area contributed by atoms with Gasteiger partial charge in [-0.2, -0.15) is 0 Å². The van der Waals surface area contributed by atoms with Gasteiger partial charge < -0.3 is 19.7 Å². The largest absolute Gasteiger partial charge is 0.489 e. The number of amides is 2. The molecule has 138 valence electrons. The number of benzene rings is 1. The quantitative estimate of drug-likeness (QED) is 0.784. The van der Waals surface area contributed by atoms with Crippen molar-refractivity contribution in [1.29, 1.82) is 0 Å². The van der Waals surface area contributed by atoms with Gasteiger partial charge in [0.25, 0.3) is 0 Å². The minimum atomic E-state index is -0.119. The van der Waals surface area contributed by atoms with Crippen LogP contribution in [-0.2, 0) is 14.3 Å². The van der Waals surface area contributed by atoms with E-state index >= 15 is 0 Å². The lowest BCUT2D eigenvalue weighted by Gasteiger charge is -2.24. The van der Waals surface area contributed by atoms with Crippen LogP contribution in [0.3, 0.4) is 0 Å². The third kappa shape index (κ3) is 6.05. The molecule has 1 fully saturated rings. The van der Waals surface area contributed by atoms with Gasteiger partial charge in [0.1, 0.15) is 5.75 Å². The molecule has 1 unspecified atom stereocenters. The number of hydrogen-bond acceptors (Lipinski definition) is 4. The molecule has 1 aliphatic rings. The van der Waals surface area contributed by atoms with E-state index in [1.165, 1.54) is 6.92 Å². The Kier molecular flexibility index (Phi) is 7.25. The van der Waals surface area contributed by atoms with Crippen molar-refractivity contribution in [1.82, 2.24) is 5.32 Å². The van der Waals surface area contributed by atoms with Crippen molar-refractivity contribution in [3.05, 3.63) is 24.3 Å². The van der Waals surface area contributed by atoms with E-state index < -0.39 is 0 Å². The summed E-state index contributed by atoms with van der Waals surface area (Å²) in [4.78, 5) is 25.8. The molecule has 25 heavy (non-hydrogen) atoms. The summed E-state index contributed by atoms with van der Waals surface area (Å²) >= 11 is 0. The Morgan fingerprint density at radius 3 is 2.76 bits per heavy atom. The van der Waals surface area contributed by atoms with Crippen LogP contribution in [0, 0.1) is 0 Å². The molecule has 1 aliphatic heterocycles. The van der Waals surface area contributed by atoms with Crippen LogP contribution < -0.4 is 15.0 Å². The van der Waals surface area contributed by atoms with Gasteiger partial charge in [0, 0.05) is 33.0 Å². The van der Waals surface area contributed by atoms with Crippen LogP contribution in [0.1, 0.15) is 40.0 Å². The smallest absolute Gasteiger partial charge is 0.223 e. The average molecular weight is 348 g/mol. The van der Waals surface area contributed by atoms with Crippen molar-refractivity contribution >= 4 is 17.5 Å². The number of para-hydroxylation sites is 2. The molecule has 0 radical (unpaired) electrons. The third-order valence-electron chi connectivity index (χ3n) is 4.01. The normalized spacial score (nSPS) is 16.7. The first kappa shape index (κ1) is 19.2. The molecule has 1 heterocycles. The summed E-state index contributed by atoms with van der Waals surface area (Å²) in [6.45, 7) is 6.99. The number of rotatable bonds is 8. The zero-order valence-electron chi connectivity index (χ0n) is 15.3. The minimum Gasteiger partial charge on any atom is -0.489 e. The summed E-state index contributed by atoms with van der Waals surface area (Å²) in [6.07, 6.45) is 2.39. The molecule has 1 N–H and O–H groups in total. The van der Waals surface area contributed by atoms with Crippen molar-refractivity contribution < 1.29 is 19.1 Å². The Hall–Kier alpha value is -2.08. The standard InChI is InChI=1S/C19H28N2O4/c1-14(2)25-18-9-5-4-8-17(18)21(15(3)22)11-10-19(23)20-13-16-7-6-12-24-16/h4-5,8-9,14,16H,6-7,10-13H2,1-3H3,(H,20,23).